The Morgan fingerprint density at radius 3 is 2.85 bits per heavy atom. The minimum Gasteiger partial charge on any atom is -0.488 e. The molecule has 0 bridgehead atoms. The normalized spacial score (nSPS) is 11.1. The summed E-state index contributed by atoms with van der Waals surface area (Å²) in [5, 5.41) is 4.29. The Balaban J connectivity index is 2.05. The van der Waals surface area contributed by atoms with Gasteiger partial charge in [-0.25, -0.2) is 9.37 Å². The summed E-state index contributed by atoms with van der Waals surface area (Å²) < 4.78 is 19.1. The van der Waals surface area contributed by atoms with Crippen LogP contribution >= 0.6 is 11.3 Å². The highest BCUT2D eigenvalue weighted by molar-refractivity contribution is 7.11. The van der Waals surface area contributed by atoms with E-state index in [0.717, 1.165) is 15.4 Å². The molecule has 20 heavy (non-hydrogen) atoms. The number of nitrogens with zero attached hydrogens (tertiary/aromatic N) is 1. The lowest BCUT2D eigenvalue weighted by Crippen LogP contribution is -2.22. The van der Waals surface area contributed by atoms with Gasteiger partial charge in [-0.15, -0.1) is 11.3 Å². The van der Waals surface area contributed by atoms with Gasteiger partial charge in [-0.05, 0) is 25.1 Å². The first-order valence-corrected chi connectivity index (χ1v) is 7.42. The van der Waals surface area contributed by atoms with Gasteiger partial charge >= 0.3 is 0 Å². The second-order valence-electron chi connectivity index (χ2n) is 4.92. The lowest BCUT2D eigenvalue weighted by atomic mass is 10.2. The van der Waals surface area contributed by atoms with E-state index in [9.17, 15) is 4.39 Å². The number of aromatic nitrogens is 1. The summed E-state index contributed by atoms with van der Waals surface area (Å²) in [5.41, 5.74) is 0.833. The van der Waals surface area contributed by atoms with Gasteiger partial charge in [0.05, 0.1) is 9.88 Å². The van der Waals surface area contributed by atoms with Crippen LogP contribution in [0.3, 0.4) is 0 Å². The van der Waals surface area contributed by atoms with Crippen molar-refractivity contribution in [1.29, 1.82) is 0 Å². The molecule has 0 unspecified atom stereocenters. The molecule has 0 saturated heterocycles. The monoisotopic (exact) mass is 294 g/mol. The number of hydrogen-bond acceptors (Lipinski definition) is 4. The van der Waals surface area contributed by atoms with Crippen LogP contribution in [0.2, 0.25) is 0 Å². The maximum atomic E-state index is 13.3. The highest BCUT2D eigenvalue weighted by Crippen LogP contribution is 2.22. The molecular formula is C15H19FN2OS. The molecule has 0 radical (unpaired) electrons. The zero-order valence-corrected chi connectivity index (χ0v) is 12.8. The Morgan fingerprint density at radius 2 is 2.20 bits per heavy atom. The standard InChI is InChI=1S/C15H19FN2OS/c1-10(2)17-7-12-6-13(16)4-5-15(12)19-9-14-8-18-11(3)20-14/h4-6,8,10,17H,7,9H2,1-3H3. The predicted octanol–water partition coefficient (Wildman–Crippen LogP) is 3.67. The van der Waals surface area contributed by atoms with Crippen LogP contribution in [0.15, 0.2) is 24.4 Å². The van der Waals surface area contributed by atoms with E-state index in [0.29, 0.717) is 24.9 Å². The minimum atomic E-state index is -0.244. The van der Waals surface area contributed by atoms with Gasteiger partial charge in [0, 0.05) is 24.3 Å². The van der Waals surface area contributed by atoms with E-state index in [-0.39, 0.29) is 5.82 Å². The van der Waals surface area contributed by atoms with E-state index < -0.39 is 0 Å². The molecule has 0 atom stereocenters. The zero-order chi connectivity index (χ0) is 14.5. The third kappa shape index (κ3) is 4.28. The van der Waals surface area contributed by atoms with Crippen molar-refractivity contribution in [3.63, 3.8) is 0 Å². The van der Waals surface area contributed by atoms with E-state index in [4.69, 9.17) is 4.74 Å². The van der Waals surface area contributed by atoms with Crippen LogP contribution in [0, 0.1) is 12.7 Å². The third-order valence-electron chi connectivity index (χ3n) is 2.76. The fourth-order valence-corrected chi connectivity index (χ4v) is 2.47. The van der Waals surface area contributed by atoms with E-state index in [1.54, 1.807) is 17.4 Å². The van der Waals surface area contributed by atoms with Crippen LogP contribution in [0.5, 0.6) is 5.75 Å². The number of ether oxygens (including phenoxy) is 1. The average molecular weight is 294 g/mol. The molecule has 2 rings (SSSR count). The summed E-state index contributed by atoms with van der Waals surface area (Å²) in [6.45, 7) is 7.13. The summed E-state index contributed by atoms with van der Waals surface area (Å²) in [6, 6.07) is 4.96. The summed E-state index contributed by atoms with van der Waals surface area (Å²) in [7, 11) is 0. The van der Waals surface area contributed by atoms with Crippen molar-refractivity contribution < 1.29 is 9.13 Å². The molecule has 0 amide bonds. The molecule has 0 saturated carbocycles. The van der Waals surface area contributed by atoms with Gasteiger partial charge in [-0.2, -0.15) is 0 Å². The minimum absolute atomic E-state index is 0.244. The first kappa shape index (κ1) is 14.9. The van der Waals surface area contributed by atoms with E-state index in [1.807, 2.05) is 13.1 Å². The van der Waals surface area contributed by atoms with Gasteiger partial charge in [0.2, 0.25) is 0 Å². The second kappa shape index (κ2) is 6.81. The number of benzene rings is 1. The summed E-state index contributed by atoms with van der Waals surface area (Å²) in [4.78, 5) is 5.26. The lowest BCUT2D eigenvalue weighted by Gasteiger charge is -2.13. The fourth-order valence-electron chi connectivity index (χ4n) is 1.76. The number of aryl methyl sites for hydroxylation is 1. The van der Waals surface area contributed by atoms with Gasteiger partial charge < -0.3 is 10.1 Å². The highest BCUT2D eigenvalue weighted by atomic mass is 32.1. The Hall–Kier alpha value is -1.46. The zero-order valence-electron chi connectivity index (χ0n) is 11.9. The molecule has 2 aromatic rings. The number of nitrogens with one attached hydrogen (secondary N) is 1. The number of hydrogen-bond donors (Lipinski definition) is 1. The quantitative estimate of drug-likeness (QED) is 0.882. The first-order valence-electron chi connectivity index (χ1n) is 6.60. The molecule has 1 N–H and O–H groups in total. The summed E-state index contributed by atoms with van der Waals surface area (Å²) >= 11 is 1.61. The van der Waals surface area contributed by atoms with Crippen molar-refractivity contribution in [3.05, 3.63) is 45.7 Å². The van der Waals surface area contributed by atoms with Crippen LogP contribution in [0.1, 0.15) is 29.3 Å². The van der Waals surface area contributed by atoms with Gasteiger partial charge in [-0.3, -0.25) is 0 Å². The SMILES string of the molecule is Cc1ncc(COc2ccc(F)cc2CNC(C)C)s1. The lowest BCUT2D eigenvalue weighted by molar-refractivity contribution is 0.304. The van der Waals surface area contributed by atoms with Crippen molar-refractivity contribution >= 4 is 11.3 Å². The Bertz CT molecular complexity index is 569. The molecule has 0 aliphatic rings. The molecule has 1 aromatic heterocycles. The fraction of sp³-hybridized carbons (Fsp3) is 0.400. The van der Waals surface area contributed by atoms with Gasteiger partial charge in [0.15, 0.2) is 0 Å². The van der Waals surface area contributed by atoms with Gasteiger partial charge in [-0.1, -0.05) is 13.8 Å². The smallest absolute Gasteiger partial charge is 0.124 e. The summed E-state index contributed by atoms with van der Waals surface area (Å²) in [6.07, 6.45) is 1.82. The second-order valence-corrected chi connectivity index (χ2v) is 6.24. The molecule has 0 fully saturated rings. The molecule has 108 valence electrons. The van der Waals surface area contributed by atoms with Crippen molar-refractivity contribution in [3.8, 4) is 5.75 Å². The van der Waals surface area contributed by atoms with E-state index >= 15 is 0 Å². The van der Waals surface area contributed by atoms with Crippen molar-refractivity contribution in [2.75, 3.05) is 0 Å². The molecule has 0 aliphatic carbocycles. The van der Waals surface area contributed by atoms with Gasteiger partial charge in [0.1, 0.15) is 18.2 Å². The topological polar surface area (TPSA) is 34.1 Å². The van der Waals surface area contributed by atoms with E-state index in [1.165, 1.54) is 12.1 Å². The van der Waals surface area contributed by atoms with Crippen LogP contribution in [-0.4, -0.2) is 11.0 Å². The number of thiazole rings is 1. The van der Waals surface area contributed by atoms with Crippen LogP contribution in [0.25, 0.3) is 0 Å². The van der Waals surface area contributed by atoms with Crippen molar-refractivity contribution in [2.24, 2.45) is 0 Å². The third-order valence-corrected chi connectivity index (χ3v) is 3.65. The maximum Gasteiger partial charge on any atom is 0.124 e. The van der Waals surface area contributed by atoms with Gasteiger partial charge in [0.25, 0.3) is 0 Å². The van der Waals surface area contributed by atoms with Crippen LogP contribution in [-0.2, 0) is 13.2 Å². The Morgan fingerprint density at radius 1 is 1.40 bits per heavy atom. The van der Waals surface area contributed by atoms with Crippen LogP contribution in [0.4, 0.5) is 4.39 Å². The molecule has 0 aliphatic heterocycles. The predicted molar refractivity (Wildman–Crippen MR) is 79.6 cm³/mol. The van der Waals surface area contributed by atoms with E-state index in [2.05, 4.69) is 24.1 Å². The van der Waals surface area contributed by atoms with Crippen molar-refractivity contribution in [1.82, 2.24) is 10.3 Å². The molecule has 1 aromatic carbocycles. The largest absolute Gasteiger partial charge is 0.488 e. The number of rotatable bonds is 6. The highest BCUT2D eigenvalue weighted by Gasteiger charge is 2.07. The first-order chi connectivity index (χ1) is 9.54. The Labute approximate surface area is 122 Å². The van der Waals surface area contributed by atoms with Crippen LogP contribution < -0.4 is 10.1 Å². The summed E-state index contributed by atoms with van der Waals surface area (Å²) in [5.74, 6) is 0.470. The average Bonchev–Trinajstić information content (AvgIpc) is 2.81. The van der Waals surface area contributed by atoms with Crippen molar-refractivity contribution in [2.45, 2.75) is 40.0 Å². The molecular weight excluding hydrogens is 275 g/mol. The maximum absolute atomic E-state index is 13.3. The molecule has 5 heteroatoms. The Kier molecular flexibility index (Phi) is 5.09. The molecule has 3 nitrogen and oxygen atoms in total. The number of halogens is 1. The molecule has 1 heterocycles. The molecule has 0 spiro atoms.